The van der Waals surface area contributed by atoms with Crippen molar-refractivity contribution in [2.45, 2.75) is 13.1 Å². The third-order valence-corrected chi connectivity index (χ3v) is 5.71. The van der Waals surface area contributed by atoms with Crippen molar-refractivity contribution < 1.29 is 18.3 Å². The van der Waals surface area contributed by atoms with Crippen LogP contribution in [0.2, 0.25) is 0 Å². The third kappa shape index (κ3) is 4.17. The van der Waals surface area contributed by atoms with Gasteiger partial charge in [0.05, 0.1) is 24.9 Å². The molecule has 0 bridgehead atoms. The molecule has 2 aromatic carbocycles. The number of carbonyl (C=O) groups excluding carboxylic acids is 1. The summed E-state index contributed by atoms with van der Waals surface area (Å²) < 4.78 is 34.9. The fourth-order valence-electron chi connectivity index (χ4n) is 3.31. The van der Waals surface area contributed by atoms with Crippen LogP contribution in [0.15, 0.2) is 63.5 Å². The Morgan fingerprint density at radius 2 is 1.91 bits per heavy atom. The maximum Gasteiger partial charge on any atom is 0.332 e. The topological polar surface area (TPSA) is 82.3 Å². The quantitative estimate of drug-likeness (QED) is 0.482. The normalized spacial score (nSPS) is 11.0. The summed E-state index contributed by atoms with van der Waals surface area (Å²) in [7, 11) is 1.51. The number of thiophene rings is 1. The number of halogens is 2. The zero-order valence-corrected chi connectivity index (χ0v) is 17.6. The second-order valence-electron chi connectivity index (χ2n) is 6.92. The van der Waals surface area contributed by atoms with Crippen LogP contribution >= 0.6 is 11.3 Å². The van der Waals surface area contributed by atoms with Crippen molar-refractivity contribution in [3.05, 3.63) is 91.9 Å². The molecule has 1 amide bonds. The van der Waals surface area contributed by atoms with Crippen molar-refractivity contribution in [3.8, 4) is 5.75 Å². The first kappa shape index (κ1) is 21.4. The predicted octanol–water partition coefficient (Wildman–Crippen LogP) is 3.20. The second-order valence-corrected chi connectivity index (χ2v) is 7.83. The van der Waals surface area contributed by atoms with Gasteiger partial charge in [-0.25, -0.2) is 13.6 Å². The minimum atomic E-state index is -0.809. The molecule has 0 atom stereocenters. The zero-order chi connectivity index (χ0) is 22.8. The molecule has 0 spiro atoms. The van der Waals surface area contributed by atoms with E-state index in [2.05, 4.69) is 5.32 Å². The van der Waals surface area contributed by atoms with Gasteiger partial charge in [0.1, 0.15) is 28.6 Å². The highest BCUT2D eigenvalue weighted by atomic mass is 32.1. The average Bonchev–Trinajstić information content (AvgIpc) is 3.27. The number of aromatic nitrogens is 2. The third-order valence-electron chi connectivity index (χ3n) is 4.82. The Morgan fingerprint density at radius 3 is 2.69 bits per heavy atom. The number of benzene rings is 2. The molecule has 2 heterocycles. The number of hydrogen-bond acceptors (Lipinski definition) is 5. The predicted molar refractivity (Wildman–Crippen MR) is 117 cm³/mol. The van der Waals surface area contributed by atoms with E-state index in [1.807, 2.05) is 0 Å². The standard InChI is InChI=1S/C22H17F2N3O4S/c1-31-15-4-2-3-13(9-15)11-27-21(29)20-18(7-8-32-20)26(22(27)30)12-19(28)25-17-10-14(23)5-6-16(17)24/h2-10H,11-12H2,1H3,(H,25,28). The van der Waals surface area contributed by atoms with Gasteiger partial charge >= 0.3 is 5.69 Å². The number of anilines is 1. The molecule has 2 aromatic heterocycles. The molecule has 0 aliphatic carbocycles. The lowest BCUT2D eigenvalue weighted by Gasteiger charge is -2.13. The van der Waals surface area contributed by atoms with Crippen LogP contribution in [0.5, 0.6) is 5.75 Å². The highest BCUT2D eigenvalue weighted by Crippen LogP contribution is 2.18. The summed E-state index contributed by atoms with van der Waals surface area (Å²) in [5.41, 5.74) is -0.553. The summed E-state index contributed by atoms with van der Waals surface area (Å²) in [6.45, 7) is -0.511. The molecule has 10 heteroatoms. The first-order valence-electron chi connectivity index (χ1n) is 9.46. The van der Waals surface area contributed by atoms with Gasteiger partial charge in [0.2, 0.25) is 5.91 Å². The molecule has 1 N–H and O–H groups in total. The van der Waals surface area contributed by atoms with Crippen LogP contribution in [0.25, 0.3) is 10.2 Å². The Kier molecular flexibility index (Phi) is 5.87. The summed E-state index contributed by atoms with van der Waals surface area (Å²) in [6.07, 6.45) is 0. The minimum absolute atomic E-state index is 0.0250. The number of rotatable bonds is 6. The Bertz CT molecular complexity index is 1440. The Balaban J connectivity index is 1.72. The van der Waals surface area contributed by atoms with E-state index in [0.29, 0.717) is 21.5 Å². The zero-order valence-electron chi connectivity index (χ0n) is 16.8. The molecule has 164 valence electrons. The first-order valence-corrected chi connectivity index (χ1v) is 10.3. The number of nitrogens with zero attached hydrogens (tertiary/aromatic N) is 2. The molecule has 0 unspecified atom stereocenters. The van der Waals surface area contributed by atoms with Crippen LogP contribution in [-0.4, -0.2) is 22.2 Å². The fraction of sp³-hybridized carbons (Fsp3) is 0.136. The second kappa shape index (κ2) is 8.75. The SMILES string of the molecule is COc1cccc(Cn2c(=O)c3sccc3n(CC(=O)Nc3cc(F)ccc3F)c2=O)c1. The van der Waals surface area contributed by atoms with Crippen LogP contribution in [0.4, 0.5) is 14.5 Å². The lowest BCUT2D eigenvalue weighted by atomic mass is 10.2. The monoisotopic (exact) mass is 457 g/mol. The van der Waals surface area contributed by atoms with Gasteiger partial charge < -0.3 is 10.1 Å². The molecular formula is C22H17F2N3O4S. The van der Waals surface area contributed by atoms with Gasteiger partial charge in [-0.2, -0.15) is 0 Å². The molecule has 0 aliphatic heterocycles. The summed E-state index contributed by atoms with van der Waals surface area (Å²) in [6, 6.07) is 11.2. The van der Waals surface area contributed by atoms with E-state index >= 15 is 0 Å². The first-order chi connectivity index (χ1) is 15.4. The maximum absolute atomic E-state index is 13.9. The van der Waals surface area contributed by atoms with Gasteiger partial charge in [0, 0.05) is 6.07 Å². The van der Waals surface area contributed by atoms with Gasteiger partial charge in [0.15, 0.2) is 0 Å². The van der Waals surface area contributed by atoms with Crippen molar-refractivity contribution in [1.82, 2.24) is 9.13 Å². The molecule has 0 aliphatic rings. The van der Waals surface area contributed by atoms with Crippen LogP contribution in [0.3, 0.4) is 0 Å². The minimum Gasteiger partial charge on any atom is -0.497 e. The smallest absolute Gasteiger partial charge is 0.332 e. The molecule has 4 aromatic rings. The van der Waals surface area contributed by atoms with Crippen LogP contribution in [-0.2, 0) is 17.9 Å². The van der Waals surface area contributed by atoms with Crippen molar-refractivity contribution in [1.29, 1.82) is 0 Å². The van der Waals surface area contributed by atoms with E-state index in [4.69, 9.17) is 4.74 Å². The van der Waals surface area contributed by atoms with E-state index in [1.54, 1.807) is 35.7 Å². The van der Waals surface area contributed by atoms with E-state index in [1.165, 1.54) is 7.11 Å². The van der Waals surface area contributed by atoms with Crippen LogP contribution in [0, 0.1) is 11.6 Å². The maximum atomic E-state index is 13.9. The Morgan fingerprint density at radius 1 is 1.09 bits per heavy atom. The molecule has 32 heavy (non-hydrogen) atoms. The highest BCUT2D eigenvalue weighted by molar-refractivity contribution is 7.17. The van der Waals surface area contributed by atoms with Crippen LogP contribution < -0.4 is 21.3 Å². The van der Waals surface area contributed by atoms with Crippen molar-refractivity contribution in [2.24, 2.45) is 0 Å². The van der Waals surface area contributed by atoms with E-state index in [0.717, 1.165) is 38.7 Å². The summed E-state index contributed by atoms with van der Waals surface area (Å²) in [4.78, 5) is 38.6. The van der Waals surface area contributed by atoms with Gasteiger partial charge in [-0.3, -0.25) is 18.7 Å². The van der Waals surface area contributed by atoms with Crippen molar-refractivity contribution in [3.63, 3.8) is 0 Å². The number of carbonyl (C=O) groups is 1. The van der Waals surface area contributed by atoms with Gasteiger partial charge in [-0.1, -0.05) is 12.1 Å². The summed E-state index contributed by atoms with van der Waals surface area (Å²) in [5, 5.41) is 3.91. The van der Waals surface area contributed by atoms with Crippen molar-refractivity contribution >= 4 is 33.1 Å². The van der Waals surface area contributed by atoms with Crippen molar-refractivity contribution in [2.75, 3.05) is 12.4 Å². The van der Waals surface area contributed by atoms with Gasteiger partial charge in [-0.15, -0.1) is 11.3 Å². The van der Waals surface area contributed by atoms with Gasteiger partial charge in [0.25, 0.3) is 5.56 Å². The summed E-state index contributed by atoms with van der Waals surface area (Å²) >= 11 is 1.15. The van der Waals surface area contributed by atoms with Crippen LogP contribution in [0.1, 0.15) is 5.56 Å². The molecule has 0 saturated heterocycles. The Labute approximate surface area is 184 Å². The molecule has 0 saturated carbocycles. The average molecular weight is 457 g/mol. The number of fused-ring (bicyclic) bond motifs is 1. The molecule has 0 radical (unpaired) electrons. The van der Waals surface area contributed by atoms with E-state index in [-0.39, 0.29) is 12.2 Å². The number of amides is 1. The lowest BCUT2D eigenvalue weighted by molar-refractivity contribution is -0.116. The molecule has 4 rings (SSSR count). The summed E-state index contributed by atoms with van der Waals surface area (Å²) in [5.74, 6) is -1.69. The number of ether oxygens (including phenoxy) is 1. The highest BCUT2D eigenvalue weighted by Gasteiger charge is 2.18. The van der Waals surface area contributed by atoms with E-state index in [9.17, 15) is 23.2 Å². The molecule has 7 nitrogen and oxygen atoms in total. The number of nitrogens with one attached hydrogen (secondary N) is 1. The molecule has 0 fully saturated rings. The molecular weight excluding hydrogens is 440 g/mol. The lowest BCUT2D eigenvalue weighted by Crippen LogP contribution is -2.41. The number of hydrogen-bond donors (Lipinski definition) is 1. The largest absolute Gasteiger partial charge is 0.497 e. The number of methoxy groups -OCH3 is 1. The van der Waals surface area contributed by atoms with E-state index < -0.39 is 35.3 Å². The van der Waals surface area contributed by atoms with Gasteiger partial charge in [-0.05, 0) is 41.3 Å². The Hall–Kier alpha value is -3.79. The fourth-order valence-corrected chi connectivity index (χ4v) is 4.15.